The van der Waals surface area contributed by atoms with E-state index in [0.29, 0.717) is 5.15 Å². The predicted molar refractivity (Wildman–Crippen MR) is 39.3 cm³/mol. The third-order valence-electron chi connectivity index (χ3n) is 1.27. The minimum atomic E-state index is -0.462. The Bertz CT molecular complexity index is 301. The molecule has 1 heterocycles. The zero-order valence-corrected chi connectivity index (χ0v) is 6.58. The molecule has 0 bridgehead atoms. The van der Waals surface area contributed by atoms with Crippen molar-refractivity contribution in [1.29, 1.82) is 0 Å². The largest absolute Gasteiger partial charge is 0.332 e. The second kappa shape index (κ2) is 2.84. The summed E-state index contributed by atoms with van der Waals surface area (Å²) in [6.07, 6.45) is 1.36. The normalized spacial score (nSPS) is 9.64. The van der Waals surface area contributed by atoms with Crippen LogP contribution >= 0.6 is 11.6 Å². The highest BCUT2D eigenvalue weighted by Gasteiger charge is 2.12. The molecule has 0 atom stereocenters. The number of pyridine rings is 1. The van der Waals surface area contributed by atoms with Gasteiger partial charge in [0.2, 0.25) is 6.20 Å². The van der Waals surface area contributed by atoms with Crippen LogP contribution in [0.5, 0.6) is 0 Å². The lowest BCUT2D eigenvalue weighted by atomic mass is 10.4. The van der Waals surface area contributed by atoms with Crippen molar-refractivity contribution in [2.45, 2.75) is 0 Å². The van der Waals surface area contributed by atoms with E-state index in [1.165, 1.54) is 22.9 Å². The van der Waals surface area contributed by atoms with Crippen LogP contribution < -0.4 is 4.57 Å². The van der Waals surface area contributed by atoms with Gasteiger partial charge >= 0.3 is 5.69 Å². The topological polar surface area (TPSA) is 47.0 Å². The Hall–Kier alpha value is -1.16. The fraction of sp³-hybridized carbons (Fsp3) is 0.167. The smallest absolute Gasteiger partial charge is 0.258 e. The van der Waals surface area contributed by atoms with Crippen LogP contribution in [0, 0.1) is 10.1 Å². The molecule has 0 saturated carbocycles. The molecule has 0 fully saturated rings. The van der Waals surface area contributed by atoms with E-state index in [2.05, 4.69) is 0 Å². The van der Waals surface area contributed by atoms with E-state index < -0.39 is 4.92 Å². The Balaban J connectivity index is 3.15. The number of hydrogen-bond donors (Lipinski definition) is 0. The summed E-state index contributed by atoms with van der Waals surface area (Å²) in [5.41, 5.74) is 0.0388. The first-order chi connectivity index (χ1) is 5.11. The van der Waals surface area contributed by atoms with Crippen molar-refractivity contribution in [2.24, 2.45) is 7.05 Å². The molecular formula is C6H6ClN2O2+. The highest BCUT2D eigenvalue weighted by atomic mass is 35.5. The molecule has 11 heavy (non-hydrogen) atoms. The van der Waals surface area contributed by atoms with Crippen molar-refractivity contribution in [1.82, 2.24) is 0 Å². The van der Waals surface area contributed by atoms with Crippen LogP contribution in [0.2, 0.25) is 5.15 Å². The molecule has 0 saturated heterocycles. The summed E-state index contributed by atoms with van der Waals surface area (Å²) in [5, 5.41) is 10.7. The quantitative estimate of drug-likeness (QED) is 0.276. The molecule has 0 aliphatic heterocycles. The highest BCUT2D eigenvalue weighted by molar-refractivity contribution is 6.28. The number of nitrogens with zero attached hydrogens (tertiary/aromatic N) is 2. The maximum Gasteiger partial charge on any atom is 0.332 e. The van der Waals surface area contributed by atoms with E-state index in [-0.39, 0.29) is 5.69 Å². The van der Waals surface area contributed by atoms with E-state index in [9.17, 15) is 10.1 Å². The van der Waals surface area contributed by atoms with E-state index in [1.807, 2.05) is 0 Å². The summed E-state index contributed by atoms with van der Waals surface area (Å²) in [5.74, 6) is 0. The maximum absolute atomic E-state index is 10.2. The molecule has 1 aromatic rings. The predicted octanol–water partition coefficient (Wildman–Crippen LogP) is 1.07. The SMILES string of the molecule is C[n+]1cc([N+](=O)[O-])ccc1Cl. The van der Waals surface area contributed by atoms with Crippen LogP contribution in [0.3, 0.4) is 0 Å². The standard InChI is InChI=1S/C6H6ClN2O2/c1-8-4-5(9(10)11)2-3-6(8)7/h2-4H,1H3/q+1. The zero-order chi connectivity index (χ0) is 8.43. The van der Waals surface area contributed by atoms with Gasteiger partial charge in [0.25, 0.3) is 5.15 Å². The minimum absolute atomic E-state index is 0.0388. The van der Waals surface area contributed by atoms with Gasteiger partial charge in [-0.3, -0.25) is 10.1 Å². The Labute approximate surface area is 68.2 Å². The summed E-state index contributed by atoms with van der Waals surface area (Å²) in [4.78, 5) is 9.75. The van der Waals surface area contributed by atoms with E-state index in [4.69, 9.17) is 11.6 Å². The van der Waals surface area contributed by atoms with Crippen LogP contribution in [-0.2, 0) is 7.05 Å². The maximum atomic E-state index is 10.2. The van der Waals surface area contributed by atoms with E-state index in [1.54, 1.807) is 7.05 Å². The van der Waals surface area contributed by atoms with Crippen LogP contribution in [0.4, 0.5) is 5.69 Å². The van der Waals surface area contributed by atoms with Crippen molar-refractivity contribution < 1.29 is 9.49 Å². The molecule has 4 nitrogen and oxygen atoms in total. The van der Waals surface area contributed by atoms with Crippen molar-refractivity contribution in [3.05, 3.63) is 33.6 Å². The summed E-state index contributed by atoms with van der Waals surface area (Å²) >= 11 is 5.63. The highest BCUT2D eigenvalue weighted by Crippen LogP contribution is 2.09. The van der Waals surface area contributed by atoms with Gasteiger partial charge in [0.05, 0.1) is 4.92 Å². The van der Waals surface area contributed by atoms with Gasteiger partial charge in [-0.15, -0.1) is 0 Å². The first-order valence-corrected chi connectivity index (χ1v) is 3.28. The van der Waals surface area contributed by atoms with Gasteiger partial charge in [-0.1, -0.05) is 0 Å². The third-order valence-corrected chi connectivity index (χ3v) is 1.66. The Morgan fingerprint density at radius 1 is 1.64 bits per heavy atom. The van der Waals surface area contributed by atoms with Crippen LogP contribution in [-0.4, -0.2) is 4.92 Å². The summed E-state index contributed by atoms with van der Waals surface area (Å²) in [7, 11) is 1.65. The van der Waals surface area contributed by atoms with Crippen molar-refractivity contribution >= 4 is 17.3 Å². The Morgan fingerprint density at radius 2 is 2.27 bits per heavy atom. The number of rotatable bonds is 1. The molecule has 5 heteroatoms. The summed E-state index contributed by atoms with van der Waals surface area (Å²) < 4.78 is 1.49. The molecule has 0 aliphatic carbocycles. The lowest BCUT2D eigenvalue weighted by Crippen LogP contribution is -2.28. The molecule has 1 rings (SSSR count). The van der Waals surface area contributed by atoms with Crippen LogP contribution in [0.15, 0.2) is 18.3 Å². The first kappa shape index (κ1) is 7.94. The average Bonchev–Trinajstić information content (AvgIpc) is 1.94. The molecule has 0 aromatic carbocycles. The number of aryl methyl sites for hydroxylation is 1. The number of hydrogen-bond acceptors (Lipinski definition) is 2. The summed E-state index contributed by atoms with van der Waals surface area (Å²) in [6, 6.07) is 2.85. The fourth-order valence-electron chi connectivity index (χ4n) is 0.683. The molecule has 0 unspecified atom stereocenters. The monoisotopic (exact) mass is 173 g/mol. The summed E-state index contributed by atoms with van der Waals surface area (Å²) in [6.45, 7) is 0. The van der Waals surface area contributed by atoms with Crippen molar-refractivity contribution in [2.75, 3.05) is 0 Å². The molecule has 0 radical (unpaired) electrons. The zero-order valence-electron chi connectivity index (χ0n) is 5.82. The van der Waals surface area contributed by atoms with Gasteiger partial charge in [-0.2, -0.15) is 4.57 Å². The van der Waals surface area contributed by atoms with Crippen molar-refractivity contribution in [3.8, 4) is 0 Å². The molecule has 0 N–H and O–H groups in total. The lowest BCUT2D eigenvalue weighted by molar-refractivity contribution is -0.672. The van der Waals surface area contributed by atoms with Gasteiger partial charge in [0, 0.05) is 12.1 Å². The van der Waals surface area contributed by atoms with Crippen LogP contribution in [0.25, 0.3) is 0 Å². The molecular weight excluding hydrogens is 168 g/mol. The average molecular weight is 174 g/mol. The molecule has 0 amide bonds. The molecule has 1 aromatic heterocycles. The van der Waals surface area contributed by atoms with Crippen molar-refractivity contribution in [3.63, 3.8) is 0 Å². The second-order valence-electron chi connectivity index (χ2n) is 2.08. The molecule has 0 spiro atoms. The molecule has 58 valence electrons. The van der Waals surface area contributed by atoms with Gasteiger partial charge in [0.1, 0.15) is 7.05 Å². The number of aromatic nitrogens is 1. The van der Waals surface area contributed by atoms with Gasteiger partial charge in [-0.05, 0) is 11.6 Å². The lowest BCUT2D eigenvalue weighted by Gasteiger charge is -1.89. The third kappa shape index (κ3) is 1.65. The first-order valence-electron chi connectivity index (χ1n) is 2.91. The Kier molecular flexibility index (Phi) is 2.05. The molecule has 0 aliphatic rings. The van der Waals surface area contributed by atoms with Crippen LogP contribution in [0.1, 0.15) is 0 Å². The fourth-order valence-corrected chi connectivity index (χ4v) is 0.795. The van der Waals surface area contributed by atoms with E-state index >= 15 is 0 Å². The number of halogens is 1. The van der Waals surface area contributed by atoms with Gasteiger partial charge < -0.3 is 0 Å². The van der Waals surface area contributed by atoms with Gasteiger partial charge in [-0.25, -0.2) is 0 Å². The minimum Gasteiger partial charge on any atom is -0.258 e. The Morgan fingerprint density at radius 3 is 2.73 bits per heavy atom. The van der Waals surface area contributed by atoms with Gasteiger partial charge in [0.15, 0.2) is 0 Å². The number of nitro groups is 1. The second-order valence-corrected chi connectivity index (χ2v) is 2.47. The van der Waals surface area contributed by atoms with E-state index in [0.717, 1.165) is 0 Å².